The molecule has 0 saturated heterocycles. The molecule has 10 aromatic carbocycles. The Labute approximate surface area is 350 Å². The molecule has 282 valence electrons. The molecule has 1 heterocycles. The average molecular weight is 765 g/mol. The van der Waals surface area contributed by atoms with Crippen molar-refractivity contribution in [3.05, 3.63) is 243 Å². The fraction of sp³-hybridized carbons (Fsp3) is 0. The number of nitrogens with zero attached hydrogens (tertiary/aromatic N) is 2. The van der Waals surface area contributed by atoms with E-state index >= 15 is 0 Å². The molecule has 0 aliphatic carbocycles. The van der Waals surface area contributed by atoms with Crippen molar-refractivity contribution in [1.29, 1.82) is 0 Å². The van der Waals surface area contributed by atoms with E-state index in [1.807, 2.05) is 0 Å². The van der Waals surface area contributed by atoms with Gasteiger partial charge in [0.15, 0.2) is 0 Å². The zero-order chi connectivity index (χ0) is 39.8. The average Bonchev–Trinajstić information content (AvgIpc) is 3.68. The van der Waals surface area contributed by atoms with Crippen molar-refractivity contribution < 1.29 is 0 Å². The van der Waals surface area contributed by atoms with E-state index in [0.717, 1.165) is 22.7 Å². The van der Waals surface area contributed by atoms with Crippen molar-refractivity contribution in [3.8, 4) is 50.2 Å². The summed E-state index contributed by atoms with van der Waals surface area (Å²) in [5.41, 5.74) is 16.5. The van der Waals surface area contributed by atoms with Crippen LogP contribution in [0.2, 0.25) is 0 Å². The molecule has 60 heavy (non-hydrogen) atoms. The minimum absolute atomic E-state index is 1.09. The Kier molecular flexibility index (Phi) is 8.87. The Hall–Kier alpha value is -7.94. The van der Waals surface area contributed by atoms with Crippen LogP contribution >= 0.6 is 0 Å². The summed E-state index contributed by atoms with van der Waals surface area (Å²) in [6.07, 6.45) is 0. The van der Waals surface area contributed by atoms with E-state index in [4.69, 9.17) is 0 Å². The molecule has 11 rings (SSSR count). The van der Waals surface area contributed by atoms with Gasteiger partial charge >= 0.3 is 0 Å². The van der Waals surface area contributed by atoms with Gasteiger partial charge in [0.25, 0.3) is 0 Å². The number of aromatic nitrogens is 1. The van der Waals surface area contributed by atoms with E-state index in [1.54, 1.807) is 0 Å². The number of para-hydroxylation sites is 1. The van der Waals surface area contributed by atoms with Gasteiger partial charge in [-0.15, -0.1) is 0 Å². The van der Waals surface area contributed by atoms with Crippen molar-refractivity contribution in [3.63, 3.8) is 0 Å². The summed E-state index contributed by atoms with van der Waals surface area (Å²) in [5.74, 6) is 0. The molecule has 0 aliphatic rings. The monoisotopic (exact) mass is 764 g/mol. The highest BCUT2D eigenvalue weighted by Gasteiger charge is 2.17. The van der Waals surface area contributed by atoms with Crippen LogP contribution in [0.1, 0.15) is 0 Å². The number of hydrogen-bond acceptors (Lipinski definition) is 1. The van der Waals surface area contributed by atoms with Gasteiger partial charge in [-0.1, -0.05) is 188 Å². The van der Waals surface area contributed by atoms with E-state index < -0.39 is 0 Å². The molecule has 1 aromatic heterocycles. The summed E-state index contributed by atoms with van der Waals surface area (Å²) in [6, 6.07) is 87.7. The first-order valence-corrected chi connectivity index (χ1v) is 20.6. The van der Waals surface area contributed by atoms with Crippen LogP contribution in [0, 0.1) is 0 Å². The molecule has 0 amide bonds. The Morgan fingerprint density at radius 2 is 0.683 bits per heavy atom. The standard InChI is InChI=1S/C58H40N2/c1-3-13-41(14-4-1)42-23-32-48(33-24-42)59(50-38-29-47(30-39-50)53-19-10-9-18-52(53)45-15-5-2-6-16-45)49-34-25-43(26-35-49)44-27-36-51(37-28-44)60-57-22-12-11-21-55(57)56-40-31-46-17-7-8-20-54(46)58(56)60/h1-40H. The Morgan fingerprint density at radius 1 is 0.267 bits per heavy atom. The van der Waals surface area contributed by atoms with Gasteiger partial charge < -0.3 is 9.47 Å². The van der Waals surface area contributed by atoms with Crippen molar-refractivity contribution in [2.24, 2.45) is 0 Å². The minimum atomic E-state index is 1.09. The molecule has 2 nitrogen and oxygen atoms in total. The molecule has 0 spiro atoms. The summed E-state index contributed by atoms with van der Waals surface area (Å²) < 4.78 is 2.42. The lowest BCUT2D eigenvalue weighted by Crippen LogP contribution is -2.09. The SMILES string of the molecule is c1ccc(-c2ccc(N(c3ccc(-c4ccc(-n5c6ccccc6c6ccc7ccccc7c65)cc4)cc3)c3ccc(-c4ccccc4-c4ccccc4)cc3)cc2)cc1. The maximum atomic E-state index is 2.42. The molecular formula is C58H40N2. The summed E-state index contributed by atoms with van der Waals surface area (Å²) in [7, 11) is 0. The molecule has 0 atom stereocenters. The van der Waals surface area contributed by atoms with Gasteiger partial charge in [0.1, 0.15) is 0 Å². The second-order valence-electron chi connectivity index (χ2n) is 15.3. The lowest BCUT2D eigenvalue weighted by Gasteiger charge is -2.26. The number of benzene rings is 10. The van der Waals surface area contributed by atoms with Gasteiger partial charge in [0.2, 0.25) is 0 Å². The van der Waals surface area contributed by atoms with Crippen LogP contribution in [0.5, 0.6) is 0 Å². The first-order valence-electron chi connectivity index (χ1n) is 20.6. The second-order valence-corrected chi connectivity index (χ2v) is 15.3. The summed E-state index contributed by atoms with van der Waals surface area (Å²) in [6.45, 7) is 0. The number of anilines is 3. The number of rotatable bonds is 8. The van der Waals surface area contributed by atoms with Gasteiger partial charge in [-0.25, -0.2) is 0 Å². The molecule has 0 bridgehead atoms. The van der Waals surface area contributed by atoms with Crippen molar-refractivity contribution in [1.82, 2.24) is 4.57 Å². The normalized spacial score (nSPS) is 11.3. The molecular weight excluding hydrogens is 725 g/mol. The van der Waals surface area contributed by atoms with Crippen molar-refractivity contribution in [2.45, 2.75) is 0 Å². The maximum absolute atomic E-state index is 2.42. The lowest BCUT2D eigenvalue weighted by molar-refractivity contribution is 1.19. The van der Waals surface area contributed by atoms with E-state index in [9.17, 15) is 0 Å². The highest BCUT2D eigenvalue weighted by atomic mass is 15.1. The van der Waals surface area contributed by atoms with Crippen LogP contribution in [0.25, 0.3) is 82.8 Å². The number of fused-ring (bicyclic) bond motifs is 5. The van der Waals surface area contributed by atoms with Crippen LogP contribution in [0.15, 0.2) is 243 Å². The summed E-state index contributed by atoms with van der Waals surface area (Å²) in [4.78, 5) is 2.35. The molecule has 2 heteroatoms. The van der Waals surface area contributed by atoms with E-state index in [2.05, 4.69) is 252 Å². The molecule has 0 aliphatic heterocycles. The quantitative estimate of drug-likeness (QED) is 0.150. The molecule has 0 unspecified atom stereocenters. The predicted octanol–water partition coefficient (Wildman–Crippen LogP) is 16.1. The van der Waals surface area contributed by atoms with E-state index in [-0.39, 0.29) is 0 Å². The smallest absolute Gasteiger partial charge is 0.0619 e. The highest BCUT2D eigenvalue weighted by Crippen LogP contribution is 2.40. The zero-order valence-electron chi connectivity index (χ0n) is 33.0. The summed E-state index contributed by atoms with van der Waals surface area (Å²) >= 11 is 0. The third-order valence-electron chi connectivity index (χ3n) is 11.8. The minimum Gasteiger partial charge on any atom is -0.311 e. The van der Waals surface area contributed by atoms with Gasteiger partial charge in [0.05, 0.1) is 11.0 Å². The second kappa shape index (κ2) is 15.1. The Bertz CT molecular complexity index is 3250. The summed E-state index contributed by atoms with van der Waals surface area (Å²) in [5, 5.41) is 5.05. The number of hydrogen-bond donors (Lipinski definition) is 0. The first-order chi connectivity index (χ1) is 29.8. The third-order valence-corrected chi connectivity index (χ3v) is 11.8. The van der Waals surface area contributed by atoms with Crippen LogP contribution in [0.3, 0.4) is 0 Å². The van der Waals surface area contributed by atoms with Crippen molar-refractivity contribution >= 4 is 49.6 Å². The van der Waals surface area contributed by atoms with E-state index in [0.29, 0.717) is 0 Å². The Morgan fingerprint density at radius 3 is 1.27 bits per heavy atom. The molecule has 0 radical (unpaired) electrons. The fourth-order valence-electron chi connectivity index (χ4n) is 8.88. The van der Waals surface area contributed by atoms with Crippen LogP contribution in [-0.2, 0) is 0 Å². The maximum Gasteiger partial charge on any atom is 0.0619 e. The molecule has 0 N–H and O–H groups in total. The molecule has 0 saturated carbocycles. The zero-order valence-corrected chi connectivity index (χ0v) is 33.0. The molecule has 0 fully saturated rings. The van der Waals surface area contributed by atoms with Gasteiger partial charge in [-0.05, 0) is 104 Å². The van der Waals surface area contributed by atoms with Gasteiger partial charge in [-0.3, -0.25) is 0 Å². The van der Waals surface area contributed by atoms with Crippen LogP contribution in [-0.4, -0.2) is 4.57 Å². The van der Waals surface area contributed by atoms with Crippen LogP contribution < -0.4 is 4.90 Å². The van der Waals surface area contributed by atoms with E-state index in [1.165, 1.54) is 77.1 Å². The topological polar surface area (TPSA) is 8.17 Å². The fourth-order valence-corrected chi connectivity index (χ4v) is 8.88. The largest absolute Gasteiger partial charge is 0.311 e. The van der Waals surface area contributed by atoms with Crippen molar-refractivity contribution in [2.75, 3.05) is 4.90 Å². The van der Waals surface area contributed by atoms with Crippen LogP contribution in [0.4, 0.5) is 17.1 Å². The van der Waals surface area contributed by atoms with Gasteiger partial charge in [-0.2, -0.15) is 0 Å². The first kappa shape index (κ1) is 35.2. The third kappa shape index (κ3) is 6.32. The Balaban J connectivity index is 0.949. The highest BCUT2D eigenvalue weighted by molar-refractivity contribution is 6.18. The molecule has 11 aromatic rings. The lowest BCUT2D eigenvalue weighted by atomic mass is 9.94. The van der Waals surface area contributed by atoms with Gasteiger partial charge in [0, 0.05) is 38.9 Å². The predicted molar refractivity (Wildman–Crippen MR) is 255 cm³/mol.